The minimum absolute atomic E-state index is 0.0405. The summed E-state index contributed by atoms with van der Waals surface area (Å²) < 4.78 is 0. The third-order valence-corrected chi connectivity index (χ3v) is 2.10. The lowest BCUT2D eigenvalue weighted by molar-refractivity contribution is 0.0920. The summed E-state index contributed by atoms with van der Waals surface area (Å²) in [6.07, 6.45) is 0. The van der Waals surface area contributed by atoms with Crippen LogP contribution in [0.15, 0.2) is 24.3 Å². The lowest BCUT2D eigenvalue weighted by atomic mass is 10.1. The van der Waals surface area contributed by atoms with Crippen molar-refractivity contribution in [3.05, 3.63) is 29.8 Å². The SMILES string of the molecule is CC(C)Nc1ccccc1C(=O)NC(C)(C)C. The molecule has 17 heavy (non-hydrogen) atoms. The summed E-state index contributed by atoms with van der Waals surface area (Å²) in [6.45, 7) is 10.0. The quantitative estimate of drug-likeness (QED) is 0.844. The van der Waals surface area contributed by atoms with Crippen molar-refractivity contribution in [3.63, 3.8) is 0 Å². The van der Waals surface area contributed by atoms with Gasteiger partial charge in [0.2, 0.25) is 0 Å². The molecular formula is C14H22N2O. The highest BCUT2D eigenvalue weighted by Crippen LogP contribution is 2.17. The van der Waals surface area contributed by atoms with Crippen molar-refractivity contribution in [3.8, 4) is 0 Å². The zero-order valence-electron chi connectivity index (χ0n) is 11.3. The second kappa shape index (κ2) is 5.21. The summed E-state index contributed by atoms with van der Waals surface area (Å²) in [5.41, 5.74) is 1.35. The van der Waals surface area contributed by atoms with Gasteiger partial charge in [-0.3, -0.25) is 4.79 Å². The number of rotatable bonds is 3. The van der Waals surface area contributed by atoms with Crippen LogP contribution in [0, 0.1) is 0 Å². The van der Waals surface area contributed by atoms with E-state index in [-0.39, 0.29) is 11.4 Å². The number of hydrogen-bond donors (Lipinski definition) is 2. The molecular weight excluding hydrogens is 212 g/mol. The number of amides is 1. The highest BCUT2D eigenvalue weighted by atomic mass is 16.1. The Morgan fingerprint density at radius 3 is 2.29 bits per heavy atom. The molecule has 0 heterocycles. The molecule has 0 aromatic heterocycles. The van der Waals surface area contributed by atoms with Crippen LogP contribution < -0.4 is 10.6 Å². The molecule has 0 fully saturated rings. The molecule has 0 atom stereocenters. The Morgan fingerprint density at radius 1 is 1.18 bits per heavy atom. The molecule has 0 radical (unpaired) electrons. The molecule has 1 rings (SSSR count). The van der Waals surface area contributed by atoms with E-state index in [9.17, 15) is 4.79 Å². The maximum Gasteiger partial charge on any atom is 0.253 e. The van der Waals surface area contributed by atoms with E-state index in [2.05, 4.69) is 24.5 Å². The number of anilines is 1. The standard InChI is InChI=1S/C14H22N2O/c1-10(2)15-12-9-7-6-8-11(12)13(17)16-14(3,4)5/h6-10,15H,1-5H3,(H,16,17). The maximum absolute atomic E-state index is 12.1. The third-order valence-electron chi connectivity index (χ3n) is 2.10. The van der Waals surface area contributed by atoms with Crippen molar-refractivity contribution >= 4 is 11.6 Å². The van der Waals surface area contributed by atoms with Crippen LogP contribution in [0.4, 0.5) is 5.69 Å². The molecule has 0 aliphatic rings. The highest BCUT2D eigenvalue weighted by molar-refractivity contribution is 6.00. The molecule has 3 heteroatoms. The molecule has 3 nitrogen and oxygen atoms in total. The predicted octanol–water partition coefficient (Wildman–Crippen LogP) is 3.04. The molecule has 1 amide bonds. The summed E-state index contributed by atoms with van der Waals surface area (Å²) in [4.78, 5) is 12.1. The topological polar surface area (TPSA) is 41.1 Å². The zero-order chi connectivity index (χ0) is 13.1. The Balaban J connectivity index is 2.93. The molecule has 0 saturated carbocycles. The van der Waals surface area contributed by atoms with Gasteiger partial charge in [-0.2, -0.15) is 0 Å². The first-order valence-corrected chi connectivity index (χ1v) is 5.97. The van der Waals surface area contributed by atoms with E-state index >= 15 is 0 Å². The number of para-hydroxylation sites is 1. The van der Waals surface area contributed by atoms with Gasteiger partial charge in [-0.15, -0.1) is 0 Å². The van der Waals surface area contributed by atoms with Crippen molar-refractivity contribution in [1.29, 1.82) is 0 Å². The molecule has 1 aromatic carbocycles. The molecule has 94 valence electrons. The smallest absolute Gasteiger partial charge is 0.253 e. The van der Waals surface area contributed by atoms with E-state index in [0.717, 1.165) is 5.69 Å². The van der Waals surface area contributed by atoms with E-state index in [4.69, 9.17) is 0 Å². The molecule has 2 N–H and O–H groups in total. The second-order valence-corrected chi connectivity index (χ2v) is 5.55. The molecule has 0 aliphatic carbocycles. The molecule has 0 unspecified atom stereocenters. The van der Waals surface area contributed by atoms with Crippen LogP contribution in [-0.4, -0.2) is 17.5 Å². The summed E-state index contributed by atoms with van der Waals surface area (Å²) in [6, 6.07) is 7.88. The van der Waals surface area contributed by atoms with Gasteiger partial charge < -0.3 is 10.6 Å². The lowest BCUT2D eigenvalue weighted by Gasteiger charge is -2.22. The van der Waals surface area contributed by atoms with Crippen LogP contribution in [-0.2, 0) is 0 Å². The van der Waals surface area contributed by atoms with Crippen molar-refractivity contribution in [1.82, 2.24) is 5.32 Å². The second-order valence-electron chi connectivity index (χ2n) is 5.55. The van der Waals surface area contributed by atoms with E-state index in [0.29, 0.717) is 11.6 Å². The van der Waals surface area contributed by atoms with E-state index < -0.39 is 0 Å². The summed E-state index contributed by atoms with van der Waals surface area (Å²) in [5.74, 6) is -0.0405. The van der Waals surface area contributed by atoms with Crippen LogP contribution >= 0.6 is 0 Å². The molecule has 1 aromatic rings. The average molecular weight is 234 g/mol. The maximum atomic E-state index is 12.1. The van der Waals surface area contributed by atoms with Gasteiger partial charge in [0.25, 0.3) is 5.91 Å². The van der Waals surface area contributed by atoms with Gasteiger partial charge in [-0.1, -0.05) is 12.1 Å². The first kappa shape index (κ1) is 13.6. The van der Waals surface area contributed by atoms with Crippen molar-refractivity contribution < 1.29 is 4.79 Å². The Bertz CT molecular complexity index is 391. The first-order chi connectivity index (χ1) is 7.79. The van der Waals surface area contributed by atoms with Crippen LogP contribution in [0.5, 0.6) is 0 Å². The van der Waals surface area contributed by atoms with Crippen LogP contribution in [0.25, 0.3) is 0 Å². The minimum atomic E-state index is -0.220. The molecule has 0 aliphatic heterocycles. The van der Waals surface area contributed by atoms with Crippen LogP contribution in [0.1, 0.15) is 45.0 Å². The summed E-state index contributed by atoms with van der Waals surface area (Å²) in [7, 11) is 0. The Labute approximate surface area is 104 Å². The number of carbonyl (C=O) groups is 1. The zero-order valence-corrected chi connectivity index (χ0v) is 11.3. The van der Waals surface area contributed by atoms with E-state index in [1.54, 1.807) is 0 Å². The number of hydrogen-bond acceptors (Lipinski definition) is 2. The Hall–Kier alpha value is -1.51. The first-order valence-electron chi connectivity index (χ1n) is 5.97. The van der Waals surface area contributed by atoms with Gasteiger partial charge in [0.05, 0.1) is 5.56 Å². The van der Waals surface area contributed by atoms with Crippen molar-refractivity contribution in [2.75, 3.05) is 5.32 Å². The Kier molecular flexibility index (Phi) is 4.16. The van der Waals surface area contributed by atoms with Gasteiger partial charge in [0, 0.05) is 17.3 Å². The van der Waals surface area contributed by atoms with Gasteiger partial charge in [0.15, 0.2) is 0 Å². The van der Waals surface area contributed by atoms with Crippen molar-refractivity contribution in [2.24, 2.45) is 0 Å². The normalized spacial score (nSPS) is 11.4. The van der Waals surface area contributed by atoms with Gasteiger partial charge >= 0.3 is 0 Å². The molecule has 0 spiro atoms. The third kappa shape index (κ3) is 4.47. The molecule has 0 saturated heterocycles. The number of benzene rings is 1. The average Bonchev–Trinajstić information content (AvgIpc) is 2.14. The number of carbonyl (C=O) groups excluding carboxylic acids is 1. The van der Waals surface area contributed by atoms with Gasteiger partial charge in [-0.05, 0) is 46.8 Å². The van der Waals surface area contributed by atoms with E-state index in [1.807, 2.05) is 45.0 Å². The van der Waals surface area contributed by atoms with Gasteiger partial charge in [-0.25, -0.2) is 0 Å². The largest absolute Gasteiger partial charge is 0.382 e. The van der Waals surface area contributed by atoms with Gasteiger partial charge in [0.1, 0.15) is 0 Å². The fourth-order valence-electron chi connectivity index (χ4n) is 1.53. The minimum Gasteiger partial charge on any atom is -0.382 e. The molecule has 0 bridgehead atoms. The summed E-state index contributed by atoms with van der Waals surface area (Å²) in [5, 5.41) is 6.25. The van der Waals surface area contributed by atoms with Crippen LogP contribution in [0.3, 0.4) is 0 Å². The number of nitrogens with one attached hydrogen (secondary N) is 2. The van der Waals surface area contributed by atoms with E-state index in [1.165, 1.54) is 0 Å². The lowest BCUT2D eigenvalue weighted by Crippen LogP contribution is -2.40. The monoisotopic (exact) mass is 234 g/mol. The summed E-state index contributed by atoms with van der Waals surface area (Å²) >= 11 is 0. The predicted molar refractivity (Wildman–Crippen MR) is 72.4 cm³/mol. The Morgan fingerprint density at radius 2 is 1.76 bits per heavy atom. The highest BCUT2D eigenvalue weighted by Gasteiger charge is 2.17. The fraction of sp³-hybridized carbons (Fsp3) is 0.500. The fourth-order valence-corrected chi connectivity index (χ4v) is 1.53. The van der Waals surface area contributed by atoms with Crippen molar-refractivity contribution in [2.45, 2.75) is 46.2 Å². The van der Waals surface area contributed by atoms with Crippen LogP contribution in [0.2, 0.25) is 0 Å².